The fourth-order valence-electron chi connectivity index (χ4n) is 2.99. The molecule has 0 unspecified atom stereocenters. The number of thioether (sulfide) groups is 1. The predicted molar refractivity (Wildman–Crippen MR) is 109 cm³/mol. The van der Waals surface area contributed by atoms with Crippen LogP contribution < -0.4 is 0 Å². The minimum Gasteiger partial charge on any atom is -0.424 e. The van der Waals surface area contributed by atoms with E-state index in [0.29, 0.717) is 42.6 Å². The first-order valence-electron chi connectivity index (χ1n) is 9.38. The highest BCUT2D eigenvalue weighted by Crippen LogP contribution is 2.28. The Kier molecular flexibility index (Phi) is 6.41. The monoisotopic (exact) mass is 423 g/mol. The SMILES string of the molecule is CCc1nnc(CSc2nc3cc(S(=O)(=O)N(CC)CC)ccc3n2CC)o1. The summed E-state index contributed by atoms with van der Waals surface area (Å²) in [5.74, 6) is 1.69. The molecule has 3 rings (SSSR count). The quantitative estimate of drug-likeness (QED) is 0.487. The Balaban J connectivity index is 1.92. The molecule has 10 heteroatoms. The van der Waals surface area contributed by atoms with Crippen molar-refractivity contribution in [1.82, 2.24) is 24.1 Å². The summed E-state index contributed by atoms with van der Waals surface area (Å²) in [5.41, 5.74) is 1.57. The lowest BCUT2D eigenvalue weighted by Crippen LogP contribution is -2.30. The second kappa shape index (κ2) is 8.62. The second-order valence-corrected chi connectivity index (χ2v) is 8.99. The molecule has 0 N–H and O–H groups in total. The number of sulfonamides is 1. The number of hydrogen-bond acceptors (Lipinski definition) is 7. The third-order valence-electron chi connectivity index (χ3n) is 4.48. The molecule has 2 heterocycles. The summed E-state index contributed by atoms with van der Waals surface area (Å²) in [5, 5.41) is 8.81. The zero-order valence-electron chi connectivity index (χ0n) is 16.5. The van der Waals surface area contributed by atoms with E-state index >= 15 is 0 Å². The van der Waals surface area contributed by atoms with E-state index in [-0.39, 0.29) is 4.90 Å². The van der Waals surface area contributed by atoms with Crippen molar-refractivity contribution in [3.05, 3.63) is 30.0 Å². The van der Waals surface area contributed by atoms with Crippen molar-refractivity contribution in [2.75, 3.05) is 13.1 Å². The van der Waals surface area contributed by atoms with Crippen LogP contribution in [-0.2, 0) is 28.7 Å². The van der Waals surface area contributed by atoms with Gasteiger partial charge in [0, 0.05) is 26.1 Å². The Morgan fingerprint density at radius 1 is 1.11 bits per heavy atom. The van der Waals surface area contributed by atoms with E-state index in [1.54, 1.807) is 12.1 Å². The number of benzene rings is 1. The van der Waals surface area contributed by atoms with Crippen LogP contribution in [0.1, 0.15) is 39.5 Å². The molecule has 0 aliphatic rings. The topological polar surface area (TPSA) is 94.1 Å². The van der Waals surface area contributed by atoms with Gasteiger partial charge in [0.2, 0.25) is 21.8 Å². The molecule has 0 radical (unpaired) electrons. The molecule has 0 bridgehead atoms. The van der Waals surface area contributed by atoms with E-state index < -0.39 is 10.0 Å². The summed E-state index contributed by atoms with van der Waals surface area (Å²) < 4.78 is 34.7. The lowest BCUT2D eigenvalue weighted by molar-refractivity contribution is 0.445. The van der Waals surface area contributed by atoms with E-state index in [0.717, 1.165) is 17.2 Å². The number of aromatic nitrogens is 4. The average Bonchev–Trinajstić information content (AvgIpc) is 3.30. The van der Waals surface area contributed by atoms with Crippen LogP contribution in [0.4, 0.5) is 0 Å². The zero-order valence-corrected chi connectivity index (χ0v) is 18.2. The third kappa shape index (κ3) is 3.94. The minimum absolute atomic E-state index is 0.269. The van der Waals surface area contributed by atoms with Crippen LogP contribution in [0.25, 0.3) is 11.0 Å². The van der Waals surface area contributed by atoms with E-state index in [4.69, 9.17) is 4.42 Å². The molecule has 152 valence electrons. The third-order valence-corrected chi connectivity index (χ3v) is 7.49. The standard InChI is InChI=1S/C18H25N5O3S2/c1-5-16-20-21-17(26-16)12-27-18-19-14-11-13(9-10-15(14)23(18)8-4)28(24,25)22(6-2)7-3/h9-11H,5-8,12H2,1-4H3. The van der Waals surface area contributed by atoms with Gasteiger partial charge in [-0.1, -0.05) is 32.5 Å². The Labute approximate surface area is 169 Å². The lowest BCUT2D eigenvalue weighted by atomic mass is 10.3. The smallest absolute Gasteiger partial charge is 0.243 e. The normalized spacial score (nSPS) is 12.3. The maximum absolute atomic E-state index is 12.8. The van der Waals surface area contributed by atoms with Crippen molar-refractivity contribution in [2.45, 2.75) is 56.5 Å². The van der Waals surface area contributed by atoms with Gasteiger partial charge in [0.05, 0.1) is 21.7 Å². The lowest BCUT2D eigenvalue weighted by Gasteiger charge is -2.18. The van der Waals surface area contributed by atoms with Crippen molar-refractivity contribution >= 4 is 32.8 Å². The summed E-state index contributed by atoms with van der Waals surface area (Å²) in [6, 6.07) is 5.14. The van der Waals surface area contributed by atoms with Crippen LogP contribution >= 0.6 is 11.8 Å². The summed E-state index contributed by atoms with van der Waals surface area (Å²) in [6.45, 7) is 9.27. The maximum Gasteiger partial charge on any atom is 0.243 e. The Morgan fingerprint density at radius 3 is 2.43 bits per heavy atom. The number of nitrogens with zero attached hydrogens (tertiary/aromatic N) is 5. The van der Waals surface area contributed by atoms with Gasteiger partial charge in [0.1, 0.15) is 0 Å². The first-order chi connectivity index (χ1) is 13.4. The fourth-order valence-corrected chi connectivity index (χ4v) is 5.39. The summed E-state index contributed by atoms with van der Waals surface area (Å²) in [7, 11) is -3.51. The Hall–Kier alpha value is -1.91. The summed E-state index contributed by atoms with van der Waals surface area (Å²) in [4.78, 5) is 4.93. The van der Waals surface area contributed by atoms with Crippen LogP contribution in [0.15, 0.2) is 32.7 Å². The van der Waals surface area contributed by atoms with Crippen LogP contribution in [0.3, 0.4) is 0 Å². The van der Waals surface area contributed by atoms with Gasteiger partial charge in [0.15, 0.2) is 5.16 Å². The van der Waals surface area contributed by atoms with E-state index in [9.17, 15) is 8.42 Å². The van der Waals surface area contributed by atoms with Crippen LogP contribution in [-0.4, -0.2) is 45.6 Å². The molecule has 28 heavy (non-hydrogen) atoms. The molecule has 0 saturated heterocycles. The zero-order chi connectivity index (χ0) is 20.3. The Bertz CT molecular complexity index is 1050. The molecule has 8 nitrogen and oxygen atoms in total. The van der Waals surface area contributed by atoms with Crippen molar-refractivity contribution in [2.24, 2.45) is 0 Å². The van der Waals surface area contributed by atoms with Crippen molar-refractivity contribution in [1.29, 1.82) is 0 Å². The molecular formula is C18H25N5O3S2. The predicted octanol–water partition coefficient (Wildman–Crippen LogP) is 3.32. The van der Waals surface area contributed by atoms with E-state index in [2.05, 4.69) is 19.7 Å². The number of aryl methyl sites for hydroxylation is 2. The van der Waals surface area contributed by atoms with Gasteiger partial charge in [0.25, 0.3) is 0 Å². The highest BCUT2D eigenvalue weighted by molar-refractivity contribution is 7.98. The van der Waals surface area contributed by atoms with Gasteiger partial charge in [-0.15, -0.1) is 10.2 Å². The summed E-state index contributed by atoms with van der Waals surface area (Å²) >= 11 is 1.50. The average molecular weight is 424 g/mol. The maximum atomic E-state index is 12.8. The van der Waals surface area contributed by atoms with Crippen LogP contribution in [0.2, 0.25) is 0 Å². The van der Waals surface area contributed by atoms with Gasteiger partial charge >= 0.3 is 0 Å². The first kappa shape index (κ1) is 20.8. The highest BCUT2D eigenvalue weighted by atomic mass is 32.2. The minimum atomic E-state index is -3.51. The molecule has 0 spiro atoms. The Morgan fingerprint density at radius 2 is 1.82 bits per heavy atom. The largest absolute Gasteiger partial charge is 0.424 e. The second-order valence-electron chi connectivity index (χ2n) is 6.11. The number of imidazole rings is 1. The van der Waals surface area contributed by atoms with E-state index in [1.165, 1.54) is 16.1 Å². The molecular weight excluding hydrogens is 398 g/mol. The number of hydrogen-bond donors (Lipinski definition) is 0. The van der Waals surface area contributed by atoms with Crippen LogP contribution in [0, 0.1) is 0 Å². The van der Waals surface area contributed by atoms with Crippen molar-refractivity contribution < 1.29 is 12.8 Å². The summed E-state index contributed by atoms with van der Waals surface area (Å²) in [6.07, 6.45) is 0.703. The van der Waals surface area contributed by atoms with Gasteiger partial charge in [-0.3, -0.25) is 0 Å². The van der Waals surface area contributed by atoms with Crippen molar-refractivity contribution in [3.63, 3.8) is 0 Å². The molecule has 2 aromatic heterocycles. The van der Waals surface area contributed by atoms with Gasteiger partial charge in [-0.2, -0.15) is 4.31 Å². The number of rotatable bonds is 9. The van der Waals surface area contributed by atoms with E-state index in [1.807, 2.05) is 33.8 Å². The van der Waals surface area contributed by atoms with Gasteiger partial charge in [-0.05, 0) is 25.1 Å². The number of fused-ring (bicyclic) bond motifs is 1. The van der Waals surface area contributed by atoms with Crippen LogP contribution in [0.5, 0.6) is 0 Å². The first-order valence-corrected chi connectivity index (χ1v) is 11.8. The molecule has 0 aliphatic heterocycles. The molecule has 3 aromatic rings. The molecule has 1 aromatic carbocycles. The van der Waals surface area contributed by atoms with Crippen molar-refractivity contribution in [3.8, 4) is 0 Å². The molecule has 0 atom stereocenters. The van der Waals surface area contributed by atoms with Gasteiger partial charge < -0.3 is 8.98 Å². The highest BCUT2D eigenvalue weighted by Gasteiger charge is 2.23. The molecule has 0 amide bonds. The molecule has 0 saturated carbocycles. The fraction of sp³-hybridized carbons (Fsp3) is 0.500. The van der Waals surface area contributed by atoms with Gasteiger partial charge in [-0.25, -0.2) is 13.4 Å². The molecule has 0 aliphatic carbocycles. The molecule has 0 fully saturated rings.